The van der Waals surface area contributed by atoms with Crippen LogP contribution in [0.5, 0.6) is 17.2 Å². The van der Waals surface area contributed by atoms with Crippen LogP contribution < -0.4 is 14.2 Å². The molecule has 0 saturated heterocycles. The summed E-state index contributed by atoms with van der Waals surface area (Å²) in [7, 11) is 1.70. The molecule has 0 fully saturated rings. The summed E-state index contributed by atoms with van der Waals surface area (Å²) in [6, 6.07) is 24.3. The van der Waals surface area contributed by atoms with Gasteiger partial charge in [-0.25, -0.2) is 0 Å². The van der Waals surface area contributed by atoms with Crippen molar-refractivity contribution in [1.29, 1.82) is 0 Å². The molecule has 0 amide bonds. The first-order valence-electron chi connectivity index (χ1n) is 10.2. The second-order valence-corrected chi connectivity index (χ2v) is 7.34. The van der Waals surface area contributed by atoms with Crippen molar-refractivity contribution in [1.82, 2.24) is 4.90 Å². The topological polar surface area (TPSA) is 51.2 Å². The van der Waals surface area contributed by atoms with E-state index in [9.17, 15) is 0 Å². The van der Waals surface area contributed by atoms with E-state index in [2.05, 4.69) is 35.2 Å². The lowest BCUT2D eigenvalue weighted by Crippen LogP contribution is -2.28. The van der Waals surface area contributed by atoms with Gasteiger partial charge in [-0.3, -0.25) is 4.90 Å². The zero-order valence-corrected chi connectivity index (χ0v) is 17.2. The van der Waals surface area contributed by atoms with Gasteiger partial charge in [0.15, 0.2) is 0 Å². The number of aliphatic hydroxyl groups excluding tert-OH is 1. The lowest BCUT2D eigenvalue weighted by atomic mass is 10.1. The van der Waals surface area contributed by atoms with Crippen molar-refractivity contribution < 1.29 is 19.3 Å². The Kier molecular flexibility index (Phi) is 6.52. The Labute approximate surface area is 177 Å². The Morgan fingerprint density at radius 3 is 2.57 bits per heavy atom. The number of fused-ring (bicyclic) bond motifs is 1. The number of hydrogen-bond donors (Lipinski definition) is 1. The van der Waals surface area contributed by atoms with Crippen LogP contribution in [0.15, 0.2) is 72.8 Å². The number of para-hydroxylation sites is 2. The van der Waals surface area contributed by atoms with Crippen LogP contribution in [0.2, 0.25) is 0 Å². The zero-order valence-electron chi connectivity index (χ0n) is 17.2. The number of methoxy groups -OCH3 is 1. The number of ether oxygens (including phenoxy) is 3. The van der Waals surface area contributed by atoms with Crippen molar-refractivity contribution in [2.75, 3.05) is 26.9 Å². The molecule has 0 bridgehead atoms. The highest BCUT2D eigenvalue weighted by molar-refractivity contribution is 5.39. The monoisotopic (exact) mass is 405 g/mol. The average molecular weight is 405 g/mol. The van der Waals surface area contributed by atoms with E-state index in [4.69, 9.17) is 19.3 Å². The maximum atomic E-state index is 8.91. The van der Waals surface area contributed by atoms with Gasteiger partial charge >= 0.3 is 0 Å². The summed E-state index contributed by atoms with van der Waals surface area (Å²) in [5, 5.41) is 8.91. The van der Waals surface area contributed by atoms with E-state index in [0.717, 1.165) is 42.4 Å². The molecule has 1 atom stereocenters. The second kappa shape index (κ2) is 9.65. The average Bonchev–Trinajstić information content (AvgIpc) is 2.97. The van der Waals surface area contributed by atoms with Crippen molar-refractivity contribution in [3.05, 3.63) is 89.5 Å². The van der Waals surface area contributed by atoms with E-state index < -0.39 is 0 Å². The fraction of sp³-hybridized carbons (Fsp3) is 0.280. The van der Waals surface area contributed by atoms with Gasteiger partial charge in [0.2, 0.25) is 0 Å². The van der Waals surface area contributed by atoms with E-state index >= 15 is 0 Å². The van der Waals surface area contributed by atoms with E-state index in [-0.39, 0.29) is 12.7 Å². The fourth-order valence-electron chi connectivity index (χ4n) is 3.81. The Hall–Kier alpha value is -3.02. The first kappa shape index (κ1) is 20.3. The van der Waals surface area contributed by atoms with Crippen LogP contribution in [0.1, 0.15) is 22.8 Å². The molecule has 1 N–H and O–H groups in total. The highest BCUT2D eigenvalue weighted by Crippen LogP contribution is 2.35. The molecule has 1 aliphatic rings. The Morgan fingerprint density at radius 1 is 1.00 bits per heavy atom. The van der Waals surface area contributed by atoms with Gasteiger partial charge in [-0.15, -0.1) is 0 Å². The number of benzene rings is 3. The summed E-state index contributed by atoms with van der Waals surface area (Å²) >= 11 is 0. The molecule has 156 valence electrons. The van der Waals surface area contributed by atoms with Crippen molar-refractivity contribution in [3.63, 3.8) is 0 Å². The summed E-state index contributed by atoms with van der Waals surface area (Å²) in [5.41, 5.74) is 3.43. The molecule has 0 spiro atoms. The molecule has 3 aromatic rings. The minimum absolute atomic E-state index is 0.0132. The molecule has 1 heterocycles. The SMILES string of the molecule is COc1ccccc1C1CN(Cc2ccc(OCCO)cc2)Cc2ccccc2O1. The minimum Gasteiger partial charge on any atom is -0.496 e. The minimum atomic E-state index is -0.128. The maximum absolute atomic E-state index is 8.91. The van der Waals surface area contributed by atoms with Crippen molar-refractivity contribution in [2.24, 2.45) is 0 Å². The predicted octanol–water partition coefficient (Wildman–Crippen LogP) is 4.20. The van der Waals surface area contributed by atoms with Gasteiger partial charge in [0.25, 0.3) is 0 Å². The summed E-state index contributed by atoms with van der Waals surface area (Å²) in [6.07, 6.45) is -0.128. The van der Waals surface area contributed by atoms with Crippen LogP contribution in [-0.2, 0) is 13.1 Å². The molecule has 30 heavy (non-hydrogen) atoms. The third-order valence-electron chi connectivity index (χ3n) is 5.24. The first-order valence-corrected chi connectivity index (χ1v) is 10.2. The molecule has 5 nitrogen and oxygen atoms in total. The molecular formula is C25H27NO4. The summed E-state index contributed by atoms with van der Waals surface area (Å²) in [5.74, 6) is 2.53. The van der Waals surface area contributed by atoms with Crippen LogP contribution >= 0.6 is 0 Å². The molecule has 0 aromatic heterocycles. The van der Waals surface area contributed by atoms with Crippen LogP contribution in [0, 0.1) is 0 Å². The fourth-order valence-corrected chi connectivity index (χ4v) is 3.81. The van der Waals surface area contributed by atoms with Gasteiger partial charge in [-0.2, -0.15) is 0 Å². The lowest BCUT2D eigenvalue weighted by molar-refractivity contribution is 0.141. The molecule has 5 heteroatoms. The van der Waals surface area contributed by atoms with Gasteiger partial charge in [0, 0.05) is 30.8 Å². The normalized spacial score (nSPS) is 16.3. The molecule has 4 rings (SSSR count). The standard InChI is InChI=1S/C25H27NO4/c1-28-24-9-5-3-7-22(24)25-18-26(17-20-6-2-4-8-23(20)30-25)16-19-10-12-21(13-11-19)29-15-14-27/h2-13,25,27H,14-18H2,1H3. The molecule has 0 radical (unpaired) electrons. The van der Waals surface area contributed by atoms with Gasteiger partial charge < -0.3 is 19.3 Å². The lowest BCUT2D eigenvalue weighted by Gasteiger charge is -2.25. The number of hydrogen-bond acceptors (Lipinski definition) is 5. The number of aliphatic hydroxyl groups is 1. The van der Waals surface area contributed by atoms with Gasteiger partial charge in [0.05, 0.1) is 13.7 Å². The van der Waals surface area contributed by atoms with E-state index in [1.807, 2.05) is 42.5 Å². The Morgan fingerprint density at radius 2 is 1.77 bits per heavy atom. The van der Waals surface area contributed by atoms with Crippen LogP contribution in [0.25, 0.3) is 0 Å². The van der Waals surface area contributed by atoms with Crippen LogP contribution in [0.3, 0.4) is 0 Å². The Balaban J connectivity index is 1.58. The van der Waals surface area contributed by atoms with Crippen molar-refractivity contribution >= 4 is 0 Å². The maximum Gasteiger partial charge on any atom is 0.140 e. The van der Waals surface area contributed by atoms with Gasteiger partial charge in [-0.1, -0.05) is 48.5 Å². The predicted molar refractivity (Wildman–Crippen MR) is 116 cm³/mol. The van der Waals surface area contributed by atoms with Crippen LogP contribution in [-0.4, -0.2) is 36.9 Å². The third kappa shape index (κ3) is 4.75. The van der Waals surface area contributed by atoms with E-state index in [1.165, 1.54) is 11.1 Å². The zero-order chi connectivity index (χ0) is 20.8. The first-order chi connectivity index (χ1) is 14.8. The molecule has 0 saturated carbocycles. The summed E-state index contributed by atoms with van der Waals surface area (Å²) < 4.78 is 17.5. The molecule has 3 aromatic carbocycles. The summed E-state index contributed by atoms with van der Waals surface area (Å²) in [6.45, 7) is 2.67. The number of nitrogens with zero attached hydrogens (tertiary/aromatic N) is 1. The molecular weight excluding hydrogens is 378 g/mol. The van der Waals surface area contributed by atoms with Gasteiger partial charge in [0.1, 0.15) is 30.0 Å². The largest absolute Gasteiger partial charge is 0.496 e. The second-order valence-electron chi connectivity index (χ2n) is 7.34. The highest BCUT2D eigenvalue weighted by Gasteiger charge is 2.26. The molecule has 1 aliphatic heterocycles. The van der Waals surface area contributed by atoms with E-state index in [1.54, 1.807) is 7.11 Å². The number of rotatable bonds is 7. The summed E-state index contributed by atoms with van der Waals surface area (Å²) in [4.78, 5) is 2.40. The quantitative estimate of drug-likeness (QED) is 0.638. The van der Waals surface area contributed by atoms with Crippen LogP contribution in [0.4, 0.5) is 0 Å². The van der Waals surface area contributed by atoms with Crippen molar-refractivity contribution in [2.45, 2.75) is 19.2 Å². The molecule has 1 unspecified atom stereocenters. The van der Waals surface area contributed by atoms with Crippen molar-refractivity contribution in [3.8, 4) is 17.2 Å². The van der Waals surface area contributed by atoms with Gasteiger partial charge in [-0.05, 0) is 29.8 Å². The van der Waals surface area contributed by atoms with E-state index in [0.29, 0.717) is 6.61 Å². The highest BCUT2D eigenvalue weighted by atomic mass is 16.5. The third-order valence-corrected chi connectivity index (χ3v) is 5.24. The Bertz CT molecular complexity index is 957. The smallest absolute Gasteiger partial charge is 0.140 e. The molecule has 0 aliphatic carbocycles.